The summed E-state index contributed by atoms with van der Waals surface area (Å²) in [5, 5.41) is 20.1. The van der Waals surface area contributed by atoms with Gasteiger partial charge in [-0.25, -0.2) is 0 Å². The topological polar surface area (TPSA) is 101 Å². The fraction of sp³-hybridized carbons (Fsp3) is 0.0455. The SMILES string of the molecule is O=C(CSc1nnc(-c2cccnc2)n1-c1ccc(Br)cc1)Nc1ccc2cn[nH]c2c1. The molecular weight excluding hydrogens is 490 g/mol. The van der Waals surface area contributed by atoms with Gasteiger partial charge in [0.2, 0.25) is 5.91 Å². The standard InChI is InChI=1S/C22H16BrN7OS/c23-16-4-7-18(8-5-16)30-21(15-2-1-9-24-11-15)28-29-22(30)32-13-20(31)26-17-6-3-14-12-25-27-19(14)10-17/h1-12H,13H2,(H,25,27)(H,26,31). The molecule has 2 N–H and O–H groups in total. The zero-order chi connectivity index (χ0) is 21.9. The number of hydrogen-bond donors (Lipinski definition) is 2. The number of carbonyl (C=O) groups is 1. The second kappa shape index (κ2) is 8.93. The molecule has 32 heavy (non-hydrogen) atoms. The van der Waals surface area contributed by atoms with Crippen LogP contribution in [0.2, 0.25) is 0 Å². The van der Waals surface area contributed by atoms with Crippen molar-refractivity contribution >= 4 is 50.2 Å². The van der Waals surface area contributed by atoms with Gasteiger partial charge in [-0.2, -0.15) is 5.10 Å². The average molecular weight is 506 g/mol. The minimum atomic E-state index is -0.137. The van der Waals surface area contributed by atoms with Gasteiger partial charge in [0.25, 0.3) is 0 Å². The van der Waals surface area contributed by atoms with E-state index in [-0.39, 0.29) is 11.7 Å². The largest absolute Gasteiger partial charge is 0.325 e. The lowest BCUT2D eigenvalue weighted by Crippen LogP contribution is -2.14. The molecule has 3 aromatic heterocycles. The molecule has 0 aliphatic heterocycles. The quantitative estimate of drug-likeness (QED) is 0.324. The summed E-state index contributed by atoms with van der Waals surface area (Å²) < 4.78 is 2.90. The van der Waals surface area contributed by atoms with Gasteiger partial charge in [0.05, 0.1) is 17.5 Å². The molecule has 5 aromatic rings. The first kappa shape index (κ1) is 20.4. The molecule has 0 bridgehead atoms. The van der Waals surface area contributed by atoms with Gasteiger partial charge < -0.3 is 5.32 Å². The second-order valence-electron chi connectivity index (χ2n) is 6.87. The first-order chi connectivity index (χ1) is 15.7. The van der Waals surface area contributed by atoms with Crippen LogP contribution in [0.1, 0.15) is 0 Å². The number of benzene rings is 2. The number of halogens is 1. The van der Waals surface area contributed by atoms with Crippen LogP contribution >= 0.6 is 27.7 Å². The number of pyridine rings is 1. The van der Waals surface area contributed by atoms with Crippen LogP contribution in [0, 0.1) is 0 Å². The van der Waals surface area contributed by atoms with Crippen molar-refractivity contribution < 1.29 is 4.79 Å². The molecule has 0 spiro atoms. The molecule has 1 amide bonds. The molecular formula is C22H16BrN7OS. The van der Waals surface area contributed by atoms with Crippen LogP contribution in [0.3, 0.4) is 0 Å². The molecule has 0 unspecified atom stereocenters. The van der Waals surface area contributed by atoms with Gasteiger partial charge in [0, 0.05) is 39.2 Å². The number of nitrogens with one attached hydrogen (secondary N) is 2. The molecule has 0 saturated carbocycles. The zero-order valence-corrected chi connectivity index (χ0v) is 19.0. The first-order valence-corrected chi connectivity index (χ1v) is 11.4. The number of nitrogens with zero attached hydrogens (tertiary/aromatic N) is 5. The lowest BCUT2D eigenvalue weighted by molar-refractivity contribution is -0.113. The predicted octanol–water partition coefficient (Wildman–Crippen LogP) is 4.70. The number of fused-ring (bicyclic) bond motifs is 1. The molecule has 5 rings (SSSR count). The highest BCUT2D eigenvalue weighted by atomic mass is 79.9. The summed E-state index contributed by atoms with van der Waals surface area (Å²) in [7, 11) is 0. The predicted molar refractivity (Wildman–Crippen MR) is 128 cm³/mol. The molecule has 0 aliphatic carbocycles. The van der Waals surface area contributed by atoms with Gasteiger partial charge in [-0.3, -0.25) is 19.4 Å². The molecule has 0 atom stereocenters. The Labute approximate surface area is 195 Å². The van der Waals surface area contributed by atoms with E-state index in [0.717, 1.165) is 26.6 Å². The van der Waals surface area contributed by atoms with Gasteiger partial charge in [0.15, 0.2) is 11.0 Å². The summed E-state index contributed by atoms with van der Waals surface area (Å²) in [6.45, 7) is 0. The smallest absolute Gasteiger partial charge is 0.234 e. The number of anilines is 1. The molecule has 0 fully saturated rings. The van der Waals surface area contributed by atoms with Gasteiger partial charge in [0.1, 0.15) is 0 Å². The molecule has 3 heterocycles. The van der Waals surface area contributed by atoms with Crippen molar-refractivity contribution in [3.8, 4) is 17.1 Å². The lowest BCUT2D eigenvalue weighted by Gasteiger charge is -2.10. The summed E-state index contributed by atoms with van der Waals surface area (Å²) in [6, 6.07) is 17.2. The fourth-order valence-electron chi connectivity index (χ4n) is 3.21. The molecule has 0 radical (unpaired) electrons. The van der Waals surface area contributed by atoms with Crippen LogP contribution < -0.4 is 5.32 Å². The van der Waals surface area contributed by atoms with E-state index < -0.39 is 0 Å². The molecule has 0 saturated heterocycles. The summed E-state index contributed by atoms with van der Waals surface area (Å²) in [6.07, 6.45) is 5.20. The van der Waals surface area contributed by atoms with E-state index in [0.29, 0.717) is 16.7 Å². The van der Waals surface area contributed by atoms with E-state index in [2.05, 4.69) is 46.6 Å². The van der Waals surface area contributed by atoms with Crippen molar-refractivity contribution in [1.82, 2.24) is 29.9 Å². The summed E-state index contributed by atoms with van der Waals surface area (Å²) in [5.41, 5.74) is 3.31. The second-order valence-corrected chi connectivity index (χ2v) is 8.73. The maximum Gasteiger partial charge on any atom is 0.234 e. The van der Waals surface area contributed by atoms with E-state index >= 15 is 0 Å². The Morgan fingerprint density at radius 2 is 1.97 bits per heavy atom. The maximum absolute atomic E-state index is 12.6. The van der Waals surface area contributed by atoms with E-state index in [4.69, 9.17) is 0 Å². The minimum absolute atomic E-state index is 0.137. The number of amides is 1. The number of thioether (sulfide) groups is 1. The maximum atomic E-state index is 12.6. The van der Waals surface area contributed by atoms with E-state index in [1.807, 2.05) is 59.2 Å². The van der Waals surface area contributed by atoms with Crippen LogP contribution in [0.25, 0.3) is 28.0 Å². The third-order valence-corrected chi connectivity index (χ3v) is 6.15. The van der Waals surface area contributed by atoms with Gasteiger partial charge >= 0.3 is 0 Å². The Morgan fingerprint density at radius 3 is 2.78 bits per heavy atom. The van der Waals surface area contributed by atoms with Crippen molar-refractivity contribution in [2.24, 2.45) is 0 Å². The molecule has 158 valence electrons. The van der Waals surface area contributed by atoms with Crippen LogP contribution in [0.4, 0.5) is 5.69 Å². The summed E-state index contributed by atoms with van der Waals surface area (Å²) in [4.78, 5) is 16.8. The summed E-state index contributed by atoms with van der Waals surface area (Å²) >= 11 is 4.79. The van der Waals surface area contributed by atoms with Crippen LogP contribution in [0.15, 0.2) is 82.8 Å². The van der Waals surface area contributed by atoms with E-state index in [1.54, 1.807) is 18.6 Å². The normalized spacial score (nSPS) is 11.0. The monoisotopic (exact) mass is 505 g/mol. The Balaban J connectivity index is 1.38. The first-order valence-electron chi connectivity index (χ1n) is 9.65. The molecule has 8 nitrogen and oxygen atoms in total. The number of hydrogen-bond acceptors (Lipinski definition) is 6. The van der Waals surface area contributed by atoms with Crippen molar-refractivity contribution in [2.45, 2.75) is 5.16 Å². The number of aromatic amines is 1. The molecule has 0 aliphatic rings. The zero-order valence-electron chi connectivity index (χ0n) is 16.6. The van der Waals surface area contributed by atoms with E-state index in [1.165, 1.54) is 11.8 Å². The Kier molecular flexibility index (Phi) is 5.70. The van der Waals surface area contributed by atoms with E-state index in [9.17, 15) is 4.79 Å². The molecule has 2 aromatic carbocycles. The van der Waals surface area contributed by atoms with Crippen LogP contribution in [-0.2, 0) is 4.79 Å². The number of rotatable bonds is 6. The average Bonchev–Trinajstić information content (AvgIpc) is 3.45. The fourth-order valence-corrected chi connectivity index (χ4v) is 4.23. The summed E-state index contributed by atoms with van der Waals surface area (Å²) in [5.74, 6) is 0.707. The number of aromatic nitrogens is 6. The third kappa shape index (κ3) is 4.27. The van der Waals surface area contributed by atoms with Crippen molar-refractivity contribution in [2.75, 3.05) is 11.1 Å². The Morgan fingerprint density at radius 1 is 1.09 bits per heavy atom. The van der Waals surface area contributed by atoms with Crippen molar-refractivity contribution in [3.63, 3.8) is 0 Å². The molecule has 10 heteroatoms. The Bertz CT molecular complexity index is 1380. The van der Waals surface area contributed by atoms with Gasteiger partial charge in [-0.1, -0.05) is 27.7 Å². The van der Waals surface area contributed by atoms with Crippen molar-refractivity contribution in [3.05, 3.63) is 77.7 Å². The van der Waals surface area contributed by atoms with Crippen LogP contribution in [0.5, 0.6) is 0 Å². The highest BCUT2D eigenvalue weighted by Gasteiger charge is 2.17. The number of H-pyrrole nitrogens is 1. The Hall–Kier alpha value is -3.50. The highest BCUT2D eigenvalue weighted by molar-refractivity contribution is 9.10. The third-order valence-electron chi connectivity index (χ3n) is 4.70. The van der Waals surface area contributed by atoms with Crippen molar-refractivity contribution in [1.29, 1.82) is 0 Å². The minimum Gasteiger partial charge on any atom is -0.325 e. The van der Waals surface area contributed by atoms with Gasteiger partial charge in [-0.15, -0.1) is 10.2 Å². The van der Waals surface area contributed by atoms with Crippen LogP contribution in [-0.4, -0.2) is 41.6 Å². The highest BCUT2D eigenvalue weighted by Crippen LogP contribution is 2.28. The number of carbonyl (C=O) groups excluding carboxylic acids is 1. The lowest BCUT2D eigenvalue weighted by atomic mass is 10.2. The van der Waals surface area contributed by atoms with Gasteiger partial charge in [-0.05, 0) is 54.6 Å².